The number of H-pyrrole nitrogens is 1. The first-order valence-corrected chi connectivity index (χ1v) is 12.0. The second-order valence-electron chi connectivity index (χ2n) is 9.23. The predicted octanol–water partition coefficient (Wildman–Crippen LogP) is 3.38. The van der Waals surface area contributed by atoms with Gasteiger partial charge in [0.25, 0.3) is 0 Å². The topological polar surface area (TPSA) is 77.2 Å². The summed E-state index contributed by atoms with van der Waals surface area (Å²) in [4.78, 5) is 30.8. The summed E-state index contributed by atoms with van der Waals surface area (Å²) in [5.41, 5.74) is 2.36. The zero-order valence-corrected chi connectivity index (χ0v) is 18.7. The van der Waals surface area contributed by atoms with Crippen LogP contribution in [0.25, 0.3) is 10.9 Å². The van der Waals surface area contributed by atoms with E-state index in [1.165, 1.54) is 30.2 Å². The van der Waals surface area contributed by atoms with Crippen molar-refractivity contribution in [1.29, 1.82) is 0 Å². The van der Waals surface area contributed by atoms with Crippen LogP contribution in [0, 0.1) is 5.92 Å². The van der Waals surface area contributed by atoms with Crippen molar-refractivity contribution in [2.24, 2.45) is 5.92 Å². The van der Waals surface area contributed by atoms with E-state index in [1.807, 2.05) is 25.3 Å². The minimum atomic E-state index is -0.162. The zero-order valence-electron chi connectivity index (χ0n) is 18.7. The molecule has 168 valence electrons. The predicted molar refractivity (Wildman–Crippen MR) is 124 cm³/mol. The molecule has 2 aliphatic rings. The molecule has 1 saturated carbocycles. The van der Waals surface area contributed by atoms with Crippen molar-refractivity contribution in [3.63, 3.8) is 0 Å². The number of fused-ring (bicyclic) bond motifs is 1. The molecule has 6 heteroatoms. The van der Waals surface area contributed by atoms with Gasteiger partial charge in [0, 0.05) is 35.6 Å². The molecule has 2 amide bonds. The third kappa shape index (κ3) is 5.48. The number of benzene rings is 1. The Bertz CT molecular complexity index is 879. The Kier molecular flexibility index (Phi) is 7.28. The van der Waals surface area contributed by atoms with Crippen molar-refractivity contribution in [3.05, 3.63) is 36.0 Å². The van der Waals surface area contributed by atoms with Crippen LogP contribution < -0.4 is 10.6 Å². The molecule has 1 aromatic carbocycles. The van der Waals surface area contributed by atoms with Gasteiger partial charge in [-0.1, -0.05) is 37.5 Å². The van der Waals surface area contributed by atoms with Gasteiger partial charge in [0.15, 0.2) is 0 Å². The van der Waals surface area contributed by atoms with Crippen molar-refractivity contribution in [3.8, 4) is 0 Å². The molecule has 2 heterocycles. The molecule has 31 heavy (non-hydrogen) atoms. The van der Waals surface area contributed by atoms with Crippen LogP contribution in [0.15, 0.2) is 30.5 Å². The van der Waals surface area contributed by atoms with Crippen LogP contribution in [-0.4, -0.2) is 53.4 Å². The van der Waals surface area contributed by atoms with Gasteiger partial charge in [0.1, 0.15) is 0 Å². The molecule has 3 N–H and O–H groups in total. The molecular weight excluding hydrogens is 388 g/mol. The SMILES string of the molecule is CC(C(=O)NCCc1c[nH]c2ccccc12)N1CCC(C(=O)NC2CCCCC2)CC1. The van der Waals surface area contributed by atoms with Crippen LogP contribution in [0.2, 0.25) is 0 Å². The number of amides is 2. The molecule has 1 unspecified atom stereocenters. The third-order valence-corrected chi connectivity index (χ3v) is 7.15. The van der Waals surface area contributed by atoms with Crippen LogP contribution >= 0.6 is 0 Å². The quantitative estimate of drug-likeness (QED) is 0.638. The lowest BCUT2D eigenvalue weighted by atomic mass is 9.92. The largest absolute Gasteiger partial charge is 0.361 e. The number of carbonyl (C=O) groups is 2. The lowest BCUT2D eigenvalue weighted by molar-refractivity contribution is -0.129. The number of nitrogens with one attached hydrogen (secondary N) is 3. The van der Waals surface area contributed by atoms with Gasteiger partial charge in [-0.2, -0.15) is 0 Å². The first-order chi connectivity index (χ1) is 15.1. The van der Waals surface area contributed by atoms with E-state index in [-0.39, 0.29) is 23.8 Å². The lowest BCUT2D eigenvalue weighted by Gasteiger charge is -2.35. The van der Waals surface area contributed by atoms with Gasteiger partial charge in [-0.25, -0.2) is 0 Å². The minimum Gasteiger partial charge on any atom is -0.361 e. The Labute approximate surface area is 185 Å². The van der Waals surface area contributed by atoms with Crippen molar-refractivity contribution < 1.29 is 9.59 Å². The van der Waals surface area contributed by atoms with E-state index in [4.69, 9.17) is 0 Å². The molecule has 0 bridgehead atoms. The molecular formula is C25H36N4O2. The number of para-hydroxylation sites is 1. The smallest absolute Gasteiger partial charge is 0.237 e. The standard InChI is InChI=1S/C25H36N4O2/c1-18(24(30)26-14-11-20-17-27-23-10-6-5-9-22(20)23)29-15-12-19(13-16-29)25(31)28-21-7-3-2-4-8-21/h5-6,9-10,17-19,21,27H,2-4,7-8,11-16H2,1H3,(H,26,30)(H,28,31). The molecule has 1 saturated heterocycles. The summed E-state index contributed by atoms with van der Waals surface area (Å²) in [7, 11) is 0. The number of likely N-dealkylation sites (tertiary alicyclic amines) is 1. The molecule has 1 aliphatic heterocycles. The monoisotopic (exact) mass is 424 g/mol. The van der Waals surface area contributed by atoms with E-state index in [9.17, 15) is 9.59 Å². The highest BCUT2D eigenvalue weighted by atomic mass is 16.2. The Morgan fingerprint density at radius 2 is 1.84 bits per heavy atom. The number of piperidine rings is 1. The maximum Gasteiger partial charge on any atom is 0.237 e. The Balaban J connectivity index is 1.18. The lowest BCUT2D eigenvalue weighted by Crippen LogP contribution is -2.50. The molecule has 1 atom stereocenters. The fourth-order valence-electron chi connectivity index (χ4n) is 5.09. The normalized spacial score (nSPS) is 19.9. The third-order valence-electron chi connectivity index (χ3n) is 7.15. The van der Waals surface area contributed by atoms with Crippen LogP contribution in [0.3, 0.4) is 0 Å². The number of aromatic amines is 1. The summed E-state index contributed by atoms with van der Waals surface area (Å²) in [6, 6.07) is 8.46. The summed E-state index contributed by atoms with van der Waals surface area (Å²) >= 11 is 0. The highest BCUT2D eigenvalue weighted by Gasteiger charge is 2.30. The van der Waals surface area contributed by atoms with Crippen molar-refractivity contribution >= 4 is 22.7 Å². The van der Waals surface area contributed by atoms with Crippen LogP contribution in [-0.2, 0) is 16.0 Å². The summed E-state index contributed by atoms with van der Waals surface area (Å²) in [6.45, 7) is 4.22. The second kappa shape index (κ2) is 10.3. The molecule has 1 aromatic heterocycles. The number of hydrogen-bond acceptors (Lipinski definition) is 3. The number of aromatic nitrogens is 1. The highest BCUT2D eigenvalue weighted by Crippen LogP contribution is 2.22. The van der Waals surface area contributed by atoms with Gasteiger partial charge in [-0.15, -0.1) is 0 Å². The van der Waals surface area contributed by atoms with Gasteiger partial charge >= 0.3 is 0 Å². The minimum absolute atomic E-state index is 0.0740. The first-order valence-electron chi connectivity index (χ1n) is 12.0. The van der Waals surface area contributed by atoms with Crippen LogP contribution in [0.5, 0.6) is 0 Å². The fraction of sp³-hybridized carbons (Fsp3) is 0.600. The molecule has 1 aliphatic carbocycles. The Hall–Kier alpha value is -2.34. The molecule has 6 nitrogen and oxygen atoms in total. The summed E-state index contributed by atoms with van der Waals surface area (Å²) < 4.78 is 0. The highest BCUT2D eigenvalue weighted by molar-refractivity contribution is 5.84. The Morgan fingerprint density at radius 1 is 1.10 bits per heavy atom. The van der Waals surface area contributed by atoms with E-state index in [0.29, 0.717) is 12.6 Å². The van der Waals surface area contributed by atoms with E-state index < -0.39 is 0 Å². The summed E-state index contributed by atoms with van der Waals surface area (Å²) in [5.74, 6) is 0.391. The van der Waals surface area contributed by atoms with Crippen LogP contribution in [0.4, 0.5) is 0 Å². The molecule has 4 rings (SSSR count). The fourth-order valence-corrected chi connectivity index (χ4v) is 5.09. The number of nitrogens with zero attached hydrogens (tertiary/aromatic N) is 1. The zero-order chi connectivity index (χ0) is 21.6. The average molecular weight is 425 g/mol. The maximum atomic E-state index is 12.7. The van der Waals surface area contributed by atoms with Gasteiger partial charge in [0.05, 0.1) is 6.04 Å². The van der Waals surface area contributed by atoms with Gasteiger partial charge in [-0.3, -0.25) is 14.5 Å². The molecule has 2 fully saturated rings. The first kappa shape index (κ1) is 21.9. The number of hydrogen-bond donors (Lipinski definition) is 3. The second-order valence-corrected chi connectivity index (χ2v) is 9.23. The molecule has 0 spiro atoms. The molecule has 0 radical (unpaired) electrons. The van der Waals surface area contributed by atoms with Gasteiger partial charge in [-0.05, 0) is 63.7 Å². The number of carbonyl (C=O) groups excluding carboxylic acids is 2. The van der Waals surface area contributed by atoms with E-state index in [2.05, 4.69) is 32.7 Å². The van der Waals surface area contributed by atoms with Crippen LogP contribution in [0.1, 0.15) is 57.4 Å². The summed E-state index contributed by atoms with van der Waals surface area (Å²) in [6.07, 6.45) is 10.5. The van der Waals surface area contributed by atoms with E-state index >= 15 is 0 Å². The van der Waals surface area contributed by atoms with E-state index in [0.717, 1.165) is 50.7 Å². The van der Waals surface area contributed by atoms with Crippen molar-refractivity contribution in [2.45, 2.75) is 70.4 Å². The average Bonchev–Trinajstić information content (AvgIpc) is 3.22. The van der Waals surface area contributed by atoms with Crippen molar-refractivity contribution in [1.82, 2.24) is 20.5 Å². The summed E-state index contributed by atoms with van der Waals surface area (Å²) in [5, 5.41) is 7.59. The van der Waals surface area contributed by atoms with E-state index in [1.54, 1.807) is 0 Å². The van der Waals surface area contributed by atoms with Gasteiger partial charge < -0.3 is 15.6 Å². The number of rotatable bonds is 7. The van der Waals surface area contributed by atoms with Gasteiger partial charge in [0.2, 0.25) is 11.8 Å². The maximum absolute atomic E-state index is 12.7. The molecule has 2 aromatic rings. The Morgan fingerprint density at radius 3 is 2.61 bits per heavy atom. The van der Waals surface area contributed by atoms with Crippen molar-refractivity contribution in [2.75, 3.05) is 19.6 Å².